The Morgan fingerprint density at radius 1 is 1.08 bits per heavy atom. The van der Waals surface area contributed by atoms with Gasteiger partial charge in [-0.1, -0.05) is 54.6 Å². The molecule has 0 bridgehead atoms. The van der Waals surface area contributed by atoms with Crippen LogP contribution in [0.25, 0.3) is 11.1 Å². The van der Waals surface area contributed by atoms with Gasteiger partial charge in [-0.2, -0.15) is 5.10 Å². The number of hydrogen-bond acceptors (Lipinski definition) is 3. The van der Waals surface area contributed by atoms with Crippen molar-refractivity contribution in [3.63, 3.8) is 0 Å². The van der Waals surface area contributed by atoms with E-state index in [-0.39, 0.29) is 24.7 Å². The highest BCUT2D eigenvalue weighted by atomic mass is 16.2. The van der Waals surface area contributed by atoms with Gasteiger partial charge in [0.2, 0.25) is 11.8 Å². The average Bonchev–Trinajstić information content (AvgIpc) is 2.93. The third kappa shape index (κ3) is 4.53. The summed E-state index contributed by atoms with van der Waals surface area (Å²) in [6.07, 6.45) is 1.19. The van der Waals surface area contributed by atoms with Gasteiger partial charge in [0.15, 0.2) is 0 Å². The van der Waals surface area contributed by atoms with Gasteiger partial charge in [0, 0.05) is 13.6 Å². The lowest BCUT2D eigenvalue weighted by Crippen LogP contribution is -2.27. The van der Waals surface area contributed by atoms with Gasteiger partial charge >= 0.3 is 0 Å². The van der Waals surface area contributed by atoms with Crippen molar-refractivity contribution in [1.29, 1.82) is 0 Å². The molecular weight excluding hydrogens is 314 g/mol. The zero-order valence-corrected chi connectivity index (χ0v) is 14.2. The van der Waals surface area contributed by atoms with Gasteiger partial charge in [0.05, 0.1) is 18.6 Å². The summed E-state index contributed by atoms with van der Waals surface area (Å²) in [5.41, 5.74) is 4.17. The maximum Gasteiger partial charge on any atom is 0.248 e. The molecule has 0 spiro atoms. The molecule has 2 aromatic rings. The molecule has 0 aliphatic carbocycles. The third-order valence-electron chi connectivity index (χ3n) is 4.17. The second kappa shape index (κ2) is 7.75. The van der Waals surface area contributed by atoms with Gasteiger partial charge in [0.25, 0.3) is 0 Å². The SMILES string of the molecule is CN1N=C(CC(=O)NCCc2ccc(-c3ccccc3)cc2)CC1=O. The van der Waals surface area contributed by atoms with E-state index in [2.05, 4.69) is 46.8 Å². The molecule has 0 fully saturated rings. The first kappa shape index (κ1) is 16.9. The molecule has 0 saturated heterocycles. The molecule has 25 heavy (non-hydrogen) atoms. The van der Waals surface area contributed by atoms with Crippen LogP contribution < -0.4 is 5.32 Å². The molecule has 1 heterocycles. The van der Waals surface area contributed by atoms with Crippen molar-refractivity contribution < 1.29 is 9.59 Å². The second-order valence-electron chi connectivity index (χ2n) is 6.10. The van der Waals surface area contributed by atoms with E-state index in [1.54, 1.807) is 7.05 Å². The summed E-state index contributed by atoms with van der Waals surface area (Å²) in [4.78, 5) is 23.3. The van der Waals surface area contributed by atoms with Crippen LogP contribution >= 0.6 is 0 Å². The van der Waals surface area contributed by atoms with Crippen LogP contribution in [0.5, 0.6) is 0 Å². The van der Waals surface area contributed by atoms with Crippen LogP contribution in [0.2, 0.25) is 0 Å². The number of nitrogens with zero attached hydrogens (tertiary/aromatic N) is 2. The summed E-state index contributed by atoms with van der Waals surface area (Å²) in [6, 6.07) is 18.6. The van der Waals surface area contributed by atoms with E-state index < -0.39 is 0 Å². The standard InChI is InChI=1S/C20H21N3O2/c1-23-20(25)14-18(22-23)13-19(24)21-12-11-15-7-9-17(10-8-15)16-5-3-2-4-6-16/h2-10H,11-14H2,1H3,(H,21,24). The highest BCUT2D eigenvalue weighted by Gasteiger charge is 2.21. The Morgan fingerprint density at radius 3 is 2.40 bits per heavy atom. The lowest BCUT2D eigenvalue weighted by Gasteiger charge is -2.06. The van der Waals surface area contributed by atoms with Gasteiger partial charge in [-0.3, -0.25) is 9.59 Å². The fourth-order valence-corrected chi connectivity index (χ4v) is 2.78. The molecule has 0 unspecified atom stereocenters. The molecule has 128 valence electrons. The van der Waals surface area contributed by atoms with E-state index in [1.807, 2.05) is 18.2 Å². The molecule has 3 rings (SSSR count). The Balaban J connectivity index is 1.45. The number of hydrazone groups is 1. The summed E-state index contributed by atoms with van der Waals surface area (Å²) < 4.78 is 0. The molecule has 0 radical (unpaired) electrons. The van der Waals surface area contributed by atoms with Crippen molar-refractivity contribution in [1.82, 2.24) is 10.3 Å². The first-order valence-corrected chi connectivity index (χ1v) is 8.36. The summed E-state index contributed by atoms with van der Waals surface area (Å²) >= 11 is 0. The van der Waals surface area contributed by atoms with Gasteiger partial charge < -0.3 is 5.32 Å². The maximum absolute atomic E-state index is 11.9. The molecule has 2 amide bonds. The number of amides is 2. The van der Waals surface area contributed by atoms with E-state index in [0.717, 1.165) is 6.42 Å². The van der Waals surface area contributed by atoms with Crippen LogP contribution in [0.1, 0.15) is 18.4 Å². The maximum atomic E-state index is 11.9. The Kier molecular flexibility index (Phi) is 5.23. The molecule has 0 aromatic heterocycles. The molecule has 1 aliphatic rings. The van der Waals surface area contributed by atoms with Crippen LogP contribution in [-0.2, 0) is 16.0 Å². The van der Waals surface area contributed by atoms with Crippen molar-refractivity contribution in [2.45, 2.75) is 19.3 Å². The summed E-state index contributed by atoms with van der Waals surface area (Å²) in [5.74, 6) is -0.163. The molecule has 0 saturated carbocycles. The Bertz CT molecular complexity index is 782. The third-order valence-corrected chi connectivity index (χ3v) is 4.17. The lowest BCUT2D eigenvalue weighted by molar-refractivity contribution is -0.127. The average molecular weight is 335 g/mol. The fraction of sp³-hybridized carbons (Fsp3) is 0.250. The molecule has 1 aliphatic heterocycles. The van der Waals surface area contributed by atoms with Gasteiger partial charge in [-0.05, 0) is 23.1 Å². The van der Waals surface area contributed by atoms with E-state index in [1.165, 1.54) is 21.7 Å². The minimum absolute atomic E-state index is 0.0682. The minimum atomic E-state index is -0.0947. The van der Waals surface area contributed by atoms with E-state index in [4.69, 9.17) is 0 Å². The molecule has 1 N–H and O–H groups in total. The predicted molar refractivity (Wildman–Crippen MR) is 98.0 cm³/mol. The zero-order chi connectivity index (χ0) is 17.6. The summed E-state index contributed by atoms with van der Waals surface area (Å²) in [7, 11) is 1.60. The molecule has 5 nitrogen and oxygen atoms in total. The van der Waals surface area contributed by atoms with Crippen molar-refractivity contribution in [2.24, 2.45) is 5.10 Å². The Labute approximate surface area is 147 Å². The summed E-state index contributed by atoms with van der Waals surface area (Å²) in [6.45, 7) is 0.570. The quantitative estimate of drug-likeness (QED) is 0.882. The topological polar surface area (TPSA) is 61.8 Å². The largest absolute Gasteiger partial charge is 0.355 e. The number of hydrogen-bond donors (Lipinski definition) is 1. The normalized spacial score (nSPS) is 13.7. The highest BCUT2D eigenvalue weighted by molar-refractivity contribution is 6.11. The molecule has 2 aromatic carbocycles. The Morgan fingerprint density at radius 2 is 1.76 bits per heavy atom. The first-order chi connectivity index (χ1) is 12.1. The summed E-state index contributed by atoms with van der Waals surface area (Å²) in [5, 5.41) is 8.23. The van der Waals surface area contributed by atoms with Crippen molar-refractivity contribution in [2.75, 3.05) is 13.6 Å². The second-order valence-corrected chi connectivity index (χ2v) is 6.10. The monoisotopic (exact) mass is 335 g/mol. The number of nitrogens with one attached hydrogen (secondary N) is 1. The van der Waals surface area contributed by atoms with E-state index >= 15 is 0 Å². The van der Waals surface area contributed by atoms with Crippen LogP contribution in [0.3, 0.4) is 0 Å². The molecule has 0 atom stereocenters. The number of rotatable bonds is 6. The highest BCUT2D eigenvalue weighted by Crippen LogP contribution is 2.19. The van der Waals surface area contributed by atoms with Crippen LogP contribution in [-0.4, -0.2) is 36.1 Å². The number of carbonyl (C=O) groups is 2. The number of carbonyl (C=O) groups excluding carboxylic acids is 2. The van der Waals surface area contributed by atoms with Crippen LogP contribution in [0.15, 0.2) is 59.7 Å². The fourth-order valence-electron chi connectivity index (χ4n) is 2.78. The van der Waals surface area contributed by atoms with Crippen molar-refractivity contribution >= 4 is 17.5 Å². The minimum Gasteiger partial charge on any atom is -0.355 e. The lowest BCUT2D eigenvalue weighted by atomic mass is 10.0. The molecule has 5 heteroatoms. The van der Waals surface area contributed by atoms with E-state index in [9.17, 15) is 9.59 Å². The Hall–Kier alpha value is -2.95. The van der Waals surface area contributed by atoms with Gasteiger partial charge in [0.1, 0.15) is 0 Å². The van der Waals surface area contributed by atoms with Gasteiger partial charge in [-0.25, -0.2) is 5.01 Å². The molecular formula is C20H21N3O2. The van der Waals surface area contributed by atoms with Crippen molar-refractivity contribution in [3.8, 4) is 11.1 Å². The first-order valence-electron chi connectivity index (χ1n) is 8.36. The van der Waals surface area contributed by atoms with Crippen LogP contribution in [0, 0.1) is 0 Å². The van der Waals surface area contributed by atoms with Crippen LogP contribution in [0.4, 0.5) is 0 Å². The zero-order valence-electron chi connectivity index (χ0n) is 14.2. The van der Waals surface area contributed by atoms with Gasteiger partial charge in [-0.15, -0.1) is 0 Å². The smallest absolute Gasteiger partial charge is 0.248 e. The number of benzene rings is 2. The van der Waals surface area contributed by atoms with Crippen molar-refractivity contribution in [3.05, 3.63) is 60.2 Å². The van der Waals surface area contributed by atoms with E-state index in [0.29, 0.717) is 12.3 Å². The predicted octanol–water partition coefficient (Wildman–Crippen LogP) is 2.62.